The van der Waals surface area contributed by atoms with E-state index in [9.17, 15) is 4.79 Å². The third-order valence-electron chi connectivity index (χ3n) is 3.90. The van der Waals surface area contributed by atoms with E-state index in [1.54, 1.807) is 0 Å². The van der Waals surface area contributed by atoms with Crippen molar-refractivity contribution >= 4 is 5.78 Å². The lowest BCUT2D eigenvalue weighted by atomic mass is 10.1. The molecule has 1 aliphatic carbocycles. The van der Waals surface area contributed by atoms with Gasteiger partial charge in [-0.1, -0.05) is 54.6 Å². The van der Waals surface area contributed by atoms with Crippen molar-refractivity contribution in [3.63, 3.8) is 0 Å². The average molecular weight is 265 g/mol. The number of carbonyl (C=O) groups is 1. The first-order valence-electron chi connectivity index (χ1n) is 7.24. The van der Waals surface area contributed by atoms with Gasteiger partial charge in [-0.25, -0.2) is 0 Å². The second kappa shape index (κ2) is 6.02. The topological polar surface area (TPSA) is 29.1 Å². The van der Waals surface area contributed by atoms with E-state index < -0.39 is 0 Å². The number of fused-ring (bicyclic) bond motifs is 1. The quantitative estimate of drug-likeness (QED) is 0.838. The van der Waals surface area contributed by atoms with Gasteiger partial charge >= 0.3 is 0 Å². The van der Waals surface area contributed by atoms with Gasteiger partial charge in [-0.2, -0.15) is 0 Å². The molecule has 0 heterocycles. The van der Waals surface area contributed by atoms with Gasteiger partial charge in [0.15, 0.2) is 5.78 Å². The maximum atomic E-state index is 11.9. The number of Topliss-reactive ketones (excluding diaryl/α,β-unsaturated/α-hetero) is 1. The Kier molecular flexibility index (Phi) is 3.93. The Balaban J connectivity index is 1.52. The largest absolute Gasteiger partial charge is 0.310 e. The van der Waals surface area contributed by atoms with Gasteiger partial charge < -0.3 is 5.32 Å². The van der Waals surface area contributed by atoms with Crippen LogP contribution < -0.4 is 5.32 Å². The van der Waals surface area contributed by atoms with E-state index in [2.05, 4.69) is 35.6 Å². The molecule has 1 aliphatic rings. The van der Waals surface area contributed by atoms with Crippen LogP contribution >= 0.6 is 0 Å². The molecule has 2 heteroatoms. The van der Waals surface area contributed by atoms with Crippen LogP contribution in [0.2, 0.25) is 0 Å². The first-order valence-corrected chi connectivity index (χ1v) is 7.24. The van der Waals surface area contributed by atoms with Crippen molar-refractivity contribution in [3.8, 4) is 0 Å². The number of rotatable bonds is 5. The summed E-state index contributed by atoms with van der Waals surface area (Å²) in [5, 5.41) is 3.52. The van der Waals surface area contributed by atoms with Crippen LogP contribution in [0.5, 0.6) is 0 Å². The van der Waals surface area contributed by atoms with E-state index >= 15 is 0 Å². The second-order valence-corrected chi connectivity index (χ2v) is 5.31. The van der Waals surface area contributed by atoms with Crippen LogP contribution in [0.25, 0.3) is 0 Å². The smallest absolute Gasteiger partial charge is 0.165 e. The monoisotopic (exact) mass is 265 g/mol. The van der Waals surface area contributed by atoms with E-state index in [1.807, 2.05) is 24.3 Å². The molecule has 0 bridgehead atoms. The summed E-state index contributed by atoms with van der Waals surface area (Å²) in [5.41, 5.74) is 3.43. The molecular weight excluding hydrogens is 246 g/mol. The van der Waals surface area contributed by atoms with Crippen molar-refractivity contribution in [2.45, 2.75) is 25.3 Å². The lowest BCUT2D eigenvalue weighted by molar-refractivity contribution is 0.0986. The third kappa shape index (κ3) is 2.81. The summed E-state index contributed by atoms with van der Waals surface area (Å²) >= 11 is 0. The molecular formula is C18H19NO. The predicted molar refractivity (Wildman–Crippen MR) is 80.9 cm³/mol. The van der Waals surface area contributed by atoms with Crippen molar-refractivity contribution < 1.29 is 4.79 Å². The molecule has 0 saturated heterocycles. The normalized spacial score (nSPS) is 17.2. The fourth-order valence-electron chi connectivity index (χ4n) is 2.86. The van der Waals surface area contributed by atoms with Crippen LogP contribution in [0.1, 0.15) is 40.4 Å². The molecule has 2 aromatic carbocycles. The van der Waals surface area contributed by atoms with Crippen LogP contribution in [0, 0.1) is 0 Å². The van der Waals surface area contributed by atoms with Gasteiger partial charge in [-0.05, 0) is 30.5 Å². The third-order valence-corrected chi connectivity index (χ3v) is 3.90. The Bertz CT molecular complexity index is 591. The summed E-state index contributed by atoms with van der Waals surface area (Å²) in [5.74, 6) is 0.265. The van der Waals surface area contributed by atoms with E-state index in [-0.39, 0.29) is 11.8 Å². The summed E-state index contributed by atoms with van der Waals surface area (Å²) in [4.78, 5) is 11.9. The molecule has 2 nitrogen and oxygen atoms in total. The Morgan fingerprint density at radius 2 is 1.75 bits per heavy atom. The number of aryl methyl sites for hydroxylation is 1. The molecule has 1 N–H and O–H groups in total. The fourth-order valence-corrected chi connectivity index (χ4v) is 2.86. The van der Waals surface area contributed by atoms with Gasteiger partial charge in [0.25, 0.3) is 0 Å². The molecule has 0 aliphatic heterocycles. The van der Waals surface area contributed by atoms with Gasteiger partial charge in [-0.3, -0.25) is 4.79 Å². The molecule has 0 saturated carbocycles. The van der Waals surface area contributed by atoms with Gasteiger partial charge in [-0.15, -0.1) is 0 Å². The first-order chi connectivity index (χ1) is 9.84. The number of hydrogen-bond acceptors (Lipinski definition) is 2. The number of carbonyl (C=O) groups excluding carboxylic acids is 1. The van der Waals surface area contributed by atoms with E-state index in [4.69, 9.17) is 0 Å². The van der Waals surface area contributed by atoms with Gasteiger partial charge in [0, 0.05) is 18.0 Å². The zero-order valence-electron chi connectivity index (χ0n) is 11.5. The molecule has 0 radical (unpaired) electrons. The summed E-state index contributed by atoms with van der Waals surface area (Å²) in [6, 6.07) is 18.7. The first kappa shape index (κ1) is 13.1. The molecule has 102 valence electrons. The lowest BCUT2D eigenvalue weighted by Crippen LogP contribution is -2.21. The van der Waals surface area contributed by atoms with Gasteiger partial charge in [0.2, 0.25) is 0 Å². The number of hydrogen-bond donors (Lipinski definition) is 1. The highest BCUT2D eigenvalue weighted by Gasteiger charge is 2.27. The molecule has 20 heavy (non-hydrogen) atoms. The van der Waals surface area contributed by atoms with Crippen LogP contribution in [0.15, 0.2) is 54.6 Å². The Labute approximate surface area is 119 Å². The SMILES string of the molecule is O=C1CC(NCCCc2ccccc2)c2ccccc21. The molecule has 0 spiro atoms. The summed E-state index contributed by atoms with van der Waals surface area (Å²) in [7, 11) is 0. The summed E-state index contributed by atoms with van der Waals surface area (Å²) < 4.78 is 0. The molecule has 0 fully saturated rings. The maximum absolute atomic E-state index is 11.9. The maximum Gasteiger partial charge on any atom is 0.165 e. The van der Waals surface area contributed by atoms with Crippen molar-refractivity contribution in [1.82, 2.24) is 5.32 Å². The van der Waals surface area contributed by atoms with Crippen LogP contribution in [0.4, 0.5) is 0 Å². The number of ketones is 1. The molecule has 2 aromatic rings. The molecule has 0 amide bonds. The summed E-state index contributed by atoms with van der Waals surface area (Å²) in [6.45, 7) is 0.946. The van der Waals surface area contributed by atoms with E-state index in [0.29, 0.717) is 6.42 Å². The number of nitrogens with one attached hydrogen (secondary N) is 1. The van der Waals surface area contributed by atoms with Crippen LogP contribution in [0.3, 0.4) is 0 Å². The van der Waals surface area contributed by atoms with Crippen molar-refractivity contribution in [3.05, 3.63) is 71.3 Å². The van der Waals surface area contributed by atoms with E-state index in [1.165, 1.54) is 5.56 Å². The van der Waals surface area contributed by atoms with Crippen LogP contribution in [-0.2, 0) is 6.42 Å². The highest BCUT2D eigenvalue weighted by molar-refractivity contribution is 6.01. The zero-order chi connectivity index (χ0) is 13.8. The Hall–Kier alpha value is -1.93. The van der Waals surface area contributed by atoms with Gasteiger partial charge in [0.05, 0.1) is 0 Å². The predicted octanol–water partition coefficient (Wildman–Crippen LogP) is 3.54. The van der Waals surface area contributed by atoms with Crippen LogP contribution in [-0.4, -0.2) is 12.3 Å². The highest BCUT2D eigenvalue weighted by atomic mass is 16.1. The Morgan fingerprint density at radius 1 is 1.00 bits per heavy atom. The minimum Gasteiger partial charge on any atom is -0.310 e. The van der Waals surface area contributed by atoms with E-state index in [0.717, 1.165) is 30.5 Å². The Morgan fingerprint density at radius 3 is 2.60 bits per heavy atom. The zero-order valence-corrected chi connectivity index (χ0v) is 11.5. The summed E-state index contributed by atoms with van der Waals surface area (Å²) in [6.07, 6.45) is 2.78. The standard InChI is InChI=1S/C18H19NO/c20-18-13-17(15-10-4-5-11-16(15)18)19-12-6-9-14-7-2-1-3-8-14/h1-5,7-8,10-11,17,19H,6,9,12-13H2. The number of benzene rings is 2. The molecule has 3 rings (SSSR count). The molecule has 1 atom stereocenters. The van der Waals surface area contributed by atoms with Crippen molar-refractivity contribution in [2.24, 2.45) is 0 Å². The molecule has 0 aromatic heterocycles. The minimum absolute atomic E-state index is 0.203. The van der Waals surface area contributed by atoms with Crippen molar-refractivity contribution in [2.75, 3.05) is 6.54 Å². The average Bonchev–Trinajstić information content (AvgIpc) is 2.82. The highest BCUT2D eigenvalue weighted by Crippen LogP contribution is 2.30. The van der Waals surface area contributed by atoms with Crippen molar-refractivity contribution in [1.29, 1.82) is 0 Å². The fraction of sp³-hybridized carbons (Fsp3) is 0.278. The molecule has 1 unspecified atom stereocenters. The lowest BCUT2D eigenvalue weighted by Gasteiger charge is -2.13. The minimum atomic E-state index is 0.203. The second-order valence-electron chi connectivity index (χ2n) is 5.31. The van der Waals surface area contributed by atoms with Gasteiger partial charge in [0.1, 0.15) is 0 Å².